The Balaban J connectivity index is 2.82. The lowest BCUT2D eigenvalue weighted by Crippen LogP contribution is -2.17. The summed E-state index contributed by atoms with van der Waals surface area (Å²) in [6.45, 7) is 0. The molecule has 0 radical (unpaired) electrons. The zero-order chi connectivity index (χ0) is 12.9. The topological polar surface area (TPSA) is 107 Å². The van der Waals surface area contributed by atoms with Crippen LogP contribution in [0, 0.1) is 11.5 Å². The standard InChI is InChI=1S/C10H10N2O4S/c11-7-12-17(15,16)9-4-1-8(2-5-9)3-6-10(13)14/h1-2,4-5,12H,3,6H2,(H,13,14). The van der Waals surface area contributed by atoms with Gasteiger partial charge in [-0.15, -0.1) is 0 Å². The summed E-state index contributed by atoms with van der Waals surface area (Å²) in [5, 5.41) is 16.7. The van der Waals surface area contributed by atoms with Crippen molar-refractivity contribution in [1.82, 2.24) is 4.72 Å². The van der Waals surface area contributed by atoms with Crippen LogP contribution in [0.25, 0.3) is 0 Å². The Kier molecular flexibility index (Phi) is 4.06. The molecule has 17 heavy (non-hydrogen) atoms. The van der Waals surface area contributed by atoms with Gasteiger partial charge in [-0.1, -0.05) is 12.1 Å². The molecular weight excluding hydrogens is 244 g/mol. The minimum Gasteiger partial charge on any atom is -0.481 e. The average Bonchev–Trinajstić information content (AvgIpc) is 2.27. The van der Waals surface area contributed by atoms with E-state index in [1.165, 1.54) is 30.5 Å². The fourth-order valence-electron chi connectivity index (χ4n) is 1.21. The zero-order valence-electron chi connectivity index (χ0n) is 8.75. The van der Waals surface area contributed by atoms with Crippen molar-refractivity contribution in [2.75, 3.05) is 0 Å². The van der Waals surface area contributed by atoms with E-state index in [4.69, 9.17) is 10.4 Å². The molecule has 2 N–H and O–H groups in total. The maximum Gasteiger partial charge on any atom is 0.303 e. The SMILES string of the molecule is N#CNS(=O)(=O)c1ccc(CCC(=O)O)cc1. The Morgan fingerprint density at radius 2 is 1.94 bits per heavy atom. The van der Waals surface area contributed by atoms with Crippen molar-refractivity contribution in [3.05, 3.63) is 29.8 Å². The molecule has 90 valence electrons. The van der Waals surface area contributed by atoms with Crippen molar-refractivity contribution in [1.29, 1.82) is 5.26 Å². The molecule has 6 nitrogen and oxygen atoms in total. The first-order chi connectivity index (χ1) is 7.95. The number of carbonyl (C=O) groups is 1. The minimum atomic E-state index is -3.79. The van der Waals surface area contributed by atoms with Crippen LogP contribution in [0.15, 0.2) is 29.2 Å². The monoisotopic (exact) mass is 254 g/mol. The van der Waals surface area contributed by atoms with Crippen molar-refractivity contribution in [3.8, 4) is 6.19 Å². The van der Waals surface area contributed by atoms with E-state index in [0.717, 1.165) is 5.56 Å². The molecule has 1 aromatic carbocycles. The molecule has 0 aliphatic carbocycles. The molecule has 0 atom stereocenters. The molecule has 0 saturated carbocycles. The molecule has 0 spiro atoms. The van der Waals surface area contributed by atoms with E-state index in [-0.39, 0.29) is 11.3 Å². The highest BCUT2D eigenvalue weighted by Gasteiger charge is 2.12. The van der Waals surface area contributed by atoms with Crippen molar-refractivity contribution in [3.63, 3.8) is 0 Å². The van der Waals surface area contributed by atoms with E-state index < -0.39 is 16.0 Å². The van der Waals surface area contributed by atoms with Gasteiger partial charge in [-0.05, 0) is 24.1 Å². The second-order valence-electron chi connectivity index (χ2n) is 3.25. The summed E-state index contributed by atoms with van der Waals surface area (Å²) < 4.78 is 24.5. The first-order valence-corrected chi connectivity index (χ1v) is 6.15. The van der Waals surface area contributed by atoms with Gasteiger partial charge in [-0.25, -0.2) is 13.1 Å². The van der Waals surface area contributed by atoms with E-state index in [9.17, 15) is 13.2 Å². The molecule has 0 fully saturated rings. The van der Waals surface area contributed by atoms with Crippen molar-refractivity contribution in [2.45, 2.75) is 17.7 Å². The van der Waals surface area contributed by atoms with Crippen LogP contribution in [-0.2, 0) is 21.2 Å². The number of benzene rings is 1. The number of carboxylic acids is 1. The number of rotatable bonds is 5. The van der Waals surface area contributed by atoms with Gasteiger partial charge in [0.1, 0.15) is 0 Å². The van der Waals surface area contributed by atoms with Gasteiger partial charge >= 0.3 is 5.97 Å². The molecule has 1 rings (SSSR count). The Hall–Kier alpha value is -2.07. The molecule has 0 aromatic heterocycles. The number of hydrogen-bond acceptors (Lipinski definition) is 4. The maximum atomic E-state index is 11.4. The Morgan fingerprint density at radius 1 is 1.35 bits per heavy atom. The lowest BCUT2D eigenvalue weighted by Gasteiger charge is -2.03. The van der Waals surface area contributed by atoms with Gasteiger partial charge in [0.2, 0.25) is 0 Å². The average molecular weight is 254 g/mol. The van der Waals surface area contributed by atoms with Crippen LogP contribution in [0.1, 0.15) is 12.0 Å². The number of hydrogen-bond donors (Lipinski definition) is 2. The van der Waals surface area contributed by atoms with E-state index in [1.54, 1.807) is 4.72 Å². The first kappa shape index (κ1) is 13.0. The fraction of sp³-hybridized carbons (Fsp3) is 0.200. The molecule has 7 heteroatoms. The number of nitriles is 1. The number of aliphatic carboxylic acids is 1. The lowest BCUT2D eigenvalue weighted by molar-refractivity contribution is -0.136. The molecule has 0 aliphatic rings. The number of carboxylic acid groups (broad SMARTS) is 1. The van der Waals surface area contributed by atoms with Crippen LogP contribution in [0.3, 0.4) is 0 Å². The molecular formula is C10H10N2O4S. The predicted octanol–water partition coefficient (Wildman–Crippen LogP) is 0.463. The summed E-state index contributed by atoms with van der Waals surface area (Å²) in [7, 11) is -3.79. The van der Waals surface area contributed by atoms with E-state index >= 15 is 0 Å². The fourth-order valence-corrected chi connectivity index (χ4v) is 1.94. The van der Waals surface area contributed by atoms with Crippen LogP contribution >= 0.6 is 0 Å². The second-order valence-corrected chi connectivity index (χ2v) is 4.94. The minimum absolute atomic E-state index is 0.0114. The van der Waals surface area contributed by atoms with Gasteiger partial charge in [0.05, 0.1) is 4.90 Å². The van der Waals surface area contributed by atoms with E-state index in [2.05, 4.69) is 0 Å². The molecule has 0 saturated heterocycles. The van der Waals surface area contributed by atoms with Crippen LogP contribution < -0.4 is 4.72 Å². The van der Waals surface area contributed by atoms with Gasteiger partial charge in [-0.3, -0.25) is 4.79 Å². The van der Waals surface area contributed by atoms with Gasteiger partial charge < -0.3 is 5.11 Å². The molecule has 0 amide bonds. The number of nitrogens with one attached hydrogen (secondary N) is 1. The van der Waals surface area contributed by atoms with Gasteiger partial charge in [0.25, 0.3) is 10.0 Å². The Bertz CT molecular complexity index is 543. The lowest BCUT2D eigenvalue weighted by atomic mass is 10.1. The third-order valence-corrected chi connectivity index (χ3v) is 3.29. The third-order valence-electron chi connectivity index (χ3n) is 2.04. The summed E-state index contributed by atoms with van der Waals surface area (Å²) in [4.78, 5) is 10.3. The highest BCUT2D eigenvalue weighted by molar-refractivity contribution is 7.89. The third kappa shape index (κ3) is 3.77. The molecule has 0 heterocycles. The maximum absolute atomic E-state index is 11.4. The summed E-state index contributed by atoms with van der Waals surface area (Å²) in [6.07, 6.45) is 1.67. The molecule has 0 bridgehead atoms. The van der Waals surface area contributed by atoms with Gasteiger partial charge in [0.15, 0.2) is 6.19 Å². The van der Waals surface area contributed by atoms with Crippen LogP contribution in [0.4, 0.5) is 0 Å². The van der Waals surface area contributed by atoms with Crippen LogP contribution in [0.2, 0.25) is 0 Å². The number of nitrogens with zero attached hydrogens (tertiary/aromatic N) is 1. The quantitative estimate of drug-likeness (QED) is 0.586. The summed E-state index contributed by atoms with van der Waals surface area (Å²) >= 11 is 0. The first-order valence-electron chi connectivity index (χ1n) is 4.67. The summed E-state index contributed by atoms with van der Waals surface area (Å²) in [5.74, 6) is -0.909. The normalized spacial score (nSPS) is 10.5. The largest absolute Gasteiger partial charge is 0.481 e. The number of aryl methyl sites for hydroxylation is 1. The second kappa shape index (κ2) is 5.32. The zero-order valence-corrected chi connectivity index (χ0v) is 9.57. The van der Waals surface area contributed by atoms with Crippen molar-refractivity contribution < 1.29 is 18.3 Å². The van der Waals surface area contributed by atoms with Gasteiger partial charge in [0, 0.05) is 6.42 Å². The molecule has 1 aromatic rings. The summed E-state index contributed by atoms with van der Waals surface area (Å²) in [6, 6.07) is 5.71. The molecule has 0 aliphatic heterocycles. The Morgan fingerprint density at radius 3 is 2.41 bits per heavy atom. The Labute approximate surface area is 98.6 Å². The highest BCUT2D eigenvalue weighted by Crippen LogP contribution is 2.11. The molecule has 0 unspecified atom stereocenters. The highest BCUT2D eigenvalue weighted by atomic mass is 32.2. The number of sulfonamides is 1. The van der Waals surface area contributed by atoms with E-state index in [1.807, 2.05) is 0 Å². The van der Waals surface area contributed by atoms with Crippen molar-refractivity contribution in [2.24, 2.45) is 0 Å². The van der Waals surface area contributed by atoms with Crippen LogP contribution in [-0.4, -0.2) is 19.5 Å². The smallest absolute Gasteiger partial charge is 0.303 e. The van der Waals surface area contributed by atoms with E-state index in [0.29, 0.717) is 6.42 Å². The van der Waals surface area contributed by atoms with Gasteiger partial charge in [-0.2, -0.15) is 5.26 Å². The van der Waals surface area contributed by atoms with Crippen molar-refractivity contribution >= 4 is 16.0 Å². The predicted molar refractivity (Wildman–Crippen MR) is 58.3 cm³/mol. The van der Waals surface area contributed by atoms with Crippen LogP contribution in [0.5, 0.6) is 0 Å². The summed E-state index contributed by atoms with van der Waals surface area (Å²) in [5.41, 5.74) is 0.725.